The van der Waals surface area contributed by atoms with E-state index in [-0.39, 0.29) is 37.9 Å². The molecule has 0 saturated carbocycles. The molecule has 2 atom stereocenters. The number of amides is 6. The maximum absolute atomic E-state index is 13.2. The fourth-order valence-electron chi connectivity index (χ4n) is 9.39. The van der Waals surface area contributed by atoms with Crippen LogP contribution in [0.15, 0.2) is 158 Å². The van der Waals surface area contributed by atoms with Crippen LogP contribution in [0.2, 0.25) is 0 Å². The summed E-state index contributed by atoms with van der Waals surface area (Å²) in [5, 5.41) is 5.86. The van der Waals surface area contributed by atoms with Crippen LogP contribution in [-0.4, -0.2) is 119 Å². The molecule has 6 amide bonds. The first kappa shape index (κ1) is 67.6. The van der Waals surface area contributed by atoms with Gasteiger partial charge in [0.2, 0.25) is 0 Å². The number of carbonyl (C=O) groups excluding carboxylic acids is 9. The lowest BCUT2D eigenvalue weighted by molar-refractivity contribution is -0.163. The summed E-state index contributed by atoms with van der Waals surface area (Å²) >= 11 is 4.82. The number of halogens is 1. The number of carbonyl (C=O) groups is 9. The summed E-state index contributed by atoms with van der Waals surface area (Å²) in [7, 11) is 2.76. The Morgan fingerprint density at radius 1 is 0.432 bits per heavy atom. The van der Waals surface area contributed by atoms with Crippen LogP contribution in [0.5, 0.6) is 0 Å². The first-order valence-electron chi connectivity index (χ1n) is 28.3. The average Bonchev–Trinajstić information content (AvgIpc) is 1.86. The number of nitrogens with one attached hydrogen (secondary N) is 4. The Bertz CT molecular complexity index is 3380. The lowest BCUT2D eigenvalue weighted by atomic mass is 9.98. The van der Waals surface area contributed by atoms with E-state index in [4.69, 9.17) is 30.5 Å². The van der Waals surface area contributed by atoms with Crippen LogP contribution in [0.4, 0.5) is 14.4 Å². The number of hydrogen-bond donors (Lipinski definition) is 4. The molecular weight excluding hydrogens is 1150 g/mol. The number of benzene rings is 6. The van der Waals surface area contributed by atoms with Gasteiger partial charge in [-0.3, -0.25) is 30.0 Å². The maximum atomic E-state index is 13.2. The molecule has 20 nitrogen and oxygen atoms in total. The molecule has 2 aliphatic carbocycles. The minimum absolute atomic E-state index is 0.0793. The van der Waals surface area contributed by atoms with E-state index >= 15 is 0 Å². The third-order valence-corrected chi connectivity index (χ3v) is 13.3. The molecule has 4 N–H and O–H groups in total. The van der Waals surface area contributed by atoms with Crippen molar-refractivity contribution in [3.63, 3.8) is 0 Å². The minimum Gasteiger partial charge on any atom is -0.453 e. The van der Waals surface area contributed by atoms with Gasteiger partial charge in [-0.15, -0.1) is 0 Å². The van der Waals surface area contributed by atoms with Crippen molar-refractivity contribution in [1.82, 2.24) is 31.5 Å². The summed E-state index contributed by atoms with van der Waals surface area (Å²) in [5.74, 6) is -4.69. The molecule has 0 bridgehead atoms. The molecule has 6 aromatic rings. The van der Waals surface area contributed by atoms with Crippen molar-refractivity contribution in [2.75, 3.05) is 27.3 Å². The Hall–Kier alpha value is -9.56. The molecule has 0 aliphatic heterocycles. The highest BCUT2D eigenvalue weighted by atomic mass is 35.5. The summed E-state index contributed by atoms with van der Waals surface area (Å²) in [4.78, 5) is 110. The molecule has 0 unspecified atom stereocenters. The third-order valence-electron chi connectivity index (χ3n) is 13.1. The van der Waals surface area contributed by atoms with Gasteiger partial charge in [0.1, 0.15) is 42.1 Å². The molecule has 0 radical (unpaired) electrons. The predicted octanol–water partition coefficient (Wildman–Crippen LogP) is 10.1. The smallest absolute Gasteiger partial charge is 0.428 e. The number of alkyl carbamates (subject to hydrolysis) is 1. The van der Waals surface area contributed by atoms with Gasteiger partial charge < -0.3 is 34.3 Å². The van der Waals surface area contributed by atoms with Crippen LogP contribution in [0.3, 0.4) is 0 Å². The Balaban J connectivity index is 0.000000243. The summed E-state index contributed by atoms with van der Waals surface area (Å²) in [6, 6.07) is 48.2. The van der Waals surface area contributed by atoms with Gasteiger partial charge in [-0.25, -0.2) is 34.0 Å². The van der Waals surface area contributed by atoms with Crippen molar-refractivity contribution in [3.05, 3.63) is 191 Å². The van der Waals surface area contributed by atoms with Crippen LogP contribution in [0.1, 0.15) is 108 Å². The number of nitrogens with zero attached hydrogens (tertiary/aromatic N) is 2. The Labute approximate surface area is 517 Å². The van der Waals surface area contributed by atoms with Crippen LogP contribution in [0, 0.1) is 0 Å². The molecule has 0 saturated heterocycles. The molecule has 8 rings (SSSR count). The first-order chi connectivity index (χ1) is 41.5. The molecule has 6 aromatic carbocycles. The number of hydrogen-bond acceptors (Lipinski definition) is 14. The van der Waals surface area contributed by atoms with Crippen LogP contribution < -0.4 is 21.5 Å². The number of ether oxygens (including phenoxy) is 5. The van der Waals surface area contributed by atoms with Gasteiger partial charge in [-0.05, 0) is 130 Å². The molecule has 0 spiro atoms. The molecule has 21 heteroatoms. The predicted molar refractivity (Wildman–Crippen MR) is 330 cm³/mol. The van der Waals surface area contributed by atoms with Gasteiger partial charge in [0.15, 0.2) is 0 Å². The summed E-state index contributed by atoms with van der Waals surface area (Å²) in [6.45, 7) is 15.3. The van der Waals surface area contributed by atoms with E-state index in [0.29, 0.717) is 0 Å². The normalized spacial score (nSPS) is 12.7. The first-order valence-corrected chi connectivity index (χ1v) is 28.7. The summed E-state index contributed by atoms with van der Waals surface area (Å²) in [5.41, 5.74) is 13.1. The highest BCUT2D eigenvalue weighted by molar-refractivity contribution is 6.80. The lowest BCUT2D eigenvalue weighted by Crippen LogP contribution is -2.55. The van der Waals surface area contributed by atoms with E-state index in [1.54, 1.807) is 86.6 Å². The number of fused-ring (bicyclic) bond motifs is 6. The van der Waals surface area contributed by atoms with E-state index < -0.39 is 82.1 Å². The molecule has 0 heterocycles. The van der Waals surface area contributed by atoms with E-state index in [0.717, 1.165) is 65.7 Å². The van der Waals surface area contributed by atoms with Gasteiger partial charge in [0.25, 0.3) is 11.8 Å². The van der Waals surface area contributed by atoms with Crippen molar-refractivity contribution in [2.24, 2.45) is 0 Å². The van der Waals surface area contributed by atoms with E-state index in [2.05, 4.69) is 38.4 Å². The molecule has 88 heavy (non-hydrogen) atoms. The minimum atomic E-state index is -1.16. The number of rotatable bonds is 13. The van der Waals surface area contributed by atoms with E-state index in [9.17, 15) is 43.2 Å². The van der Waals surface area contributed by atoms with Gasteiger partial charge in [0, 0.05) is 38.8 Å². The zero-order chi connectivity index (χ0) is 64.5. The second-order valence-electron chi connectivity index (χ2n) is 23.6. The summed E-state index contributed by atoms with van der Waals surface area (Å²) < 4.78 is 26.2. The quantitative estimate of drug-likeness (QED) is 0.0276. The molecule has 464 valence electrons. The van der Waals surface area contributed by atoms with Gasteiger partial charge in [-0.1, -0.05) is 158 Å². The molecule has 0 aromatic heterocycles. The van der Waals surface area contributed by atoms with Crippen molar-refractivity contribution >= 4 is 64.8 Å². The van der Waals surface area contributed by atoms with Crippen molar-refractivity contribution < 1.29 is 66.8 Å². The SMILES string of the molecule is CC(C)(C)OC(=O)C(=O)Cl.CN(NC(=O)[C@H](Cc1ccccc1)NC(=O)C(=O)OC(C)(C)C)C(=O)OCC1c2ccccc2-c2ccccc21.CN(NC(=O)[C@H](Cc1ccccc1)NC(=O)OC(C)(C)C)C(=O)OCC1c2ccccc2-c2ccccc21. The largest absolute Gasteiger partial charge is 0.453 e. The number of esters is 2. The Morgan fingerprint density at radius 3 is 1.06 bits per heavy atom. The summed E-state index contributed by atoms with van der Waals surface area (Å²) in [6.07, 6.45) is -1.91. The maximum Gasteiger partial charge on any atom is 0.428 e. The molecule has 0 fully saturated rings. The second-order valence-corrected chi connectivity index (χ2v) is 23.9. The van der Waals surface area contributed by atoms with Crippen molar-refractivity contribution in [1.29, 1.82) is 0 Å². The highest BCUT2D eigenvalue weighted by Crippen LogP contribution is 2.46. The van der Waals surface area contributed by atoms with Crippen LogP contribution in [0.25, 0.3) is 22.3 Å². The van der Waals surface area contributed by atoms with Gasteiger partial charge >= 0.3 is 41.4 Å². The van der Waals surface area contributed by atoms with Gasteiger partial charge in [-0.2, -0.15) is 0 Å². The molecule has 2 aliphatic rings. The van der Waals surface area contributed by atoms with Crippen molar-refractivity contribution in [2.45, 2.75) is 116 Å². The highest BCUT2D eigenvalue weighted by Gasteiger charge is 2.34. The monoisotopic (exact) mass is 1220 g/mol. The van der Waals surface area contributed by atoms with E-state index in [1.165, 1.54) is 14.1 Å². The van der Waals surface area contributed by atoms with Crippen LogP contribution >= 0.6 is 11.6 Å². The number of hydrazine groups is 2. The average molecular weight is 1220 g/mol. The topological polar surface area (TPSA) is 254 Å². The van der Waals surface area contributed by atoms with Crippen molar-refractivity contribution in [3.8, 4) is 22.3 Å². The second kappa shape index (κ2) is 30.2. The fourth-order valence-corrected chi connectivity index (χ4v) is 9.43. The lowest BCUT2D eigenvalue weighted by Gasteiger charge is -2.25. The van der Waals surface area contributed by atoms with E-state index in [1.807, 2.05) is 121 Å². The Morgan fingerprint density at radius 2 is 0.739 bits per heavy atom. The fraction of sp³-hybridized carbons (Fsp3) is 0.328. The zero-order valence-corrected chi connectivity index (χ0v) is 51.9. The standard InChI is InChI=1S/C31H33N3O6.C30H33N3O5.C6H9ClO3/c1-31(2,3)40-29(37)28(36)32-26(18-20-12-6-5-7-13-20)27(35)33-34(4)30(38)39-19-25-23-16-10-8-14-21(23)22-15-9-11-17-24(22)25;1-30(2,3)38-28(35)31-26(18-20-12-6-5-7-13-20)27(34)32-33(4)29(36)37-19-25-23-16-10-8-14-21(23)22-15-9-11-17-24(22)25;1-6(2,3)10-5(9)4(7)8/h5-17,25-26H,18-19H2,1-4H3,(H,32,36)(H,33,35);5-17,25-26H,18-19H2,1-4H3,(H,31,35)(H,32,34);1-3H3/t2*26-;/m00./s1. The van der Waals surface area contributed by atoms with Gasteiger partial charge in [0.05, 0.1) is 0 Å². The third kappa shape index (κ3) is 20.0. The zero-order valence-electron chi connectivity index (χ0n) is 51.1. The molecular formula is C67H75ClN6O14. The van der Waals surface area contributed by atoms with Crippen LogP contribution in [-0.2, 0) is 65.3 Å². The Kier molecular flexibility index (Phi) is 23.2.